The van der Waals surface area contributed by atoms with Gasteiger partial charge in [0.1, 0.15) is 0 Å². The molecule has 0 bridgehead atoms. The van der Waals surface area contributed by atoms with Crippen molar-refractivity contribution >= 4 is 23.4 Å². The minimum Gasteiger partial charge on any atom is -0.326 e. The maximum atomic E-state index is 12.6. The molecule has 1 N–H and O–H groups in total. The molecule has 0 atom stereocenters. The first-order valence-corrected chi connectivity index (χ1v) is 11.7. The van der Waals surface area contributed by atoms with Crippen LogP contribution in [0.25, 0.3) is 11.1 Å². The van der Waals surface area contributed by atoms with Crippen molar-refractivity contribution in [2.24, 2.45) is 0 Å². The van der Waals surface area contributed by atoms with Gasteiger partial charge < -0.3 is 5.32 Å². The first-order chi connectivity index (χ1) is 14.7. The van der Waals surface area contributed by atoms with Gasteiger partial charge in [0, 0.05) is 36.8 Å². The van der Waals surface area contributed by atoms with Crippen molar-refractivity contribution in [3.8, 4) is 11.1 Å². The summed E-state index contributed by atoms with van der Waals surface area (Å²) in [4.78, 5) is 15.1. The first-order valence-electron chi connectivity index (χ1n) is 10.5. The van der Waals surface area contributed by atoms with Gasteiger partial charge in [0.2, 0.25) is 5.91 Å². The van der Waals surface area contributed by atoms with Gasteiger partial charge in [-0.25, -0.2) is 0 Å². The molecule has 0 spiro atoms. The maximum Gasteiger partial charge on any atom is 0.228 e. The van der Waals surface area contributed by atoms with E-state index >= 15 is 0 Å². The molecule has 4 heteroatoms. The highest BCUT2D eigenvalue weighted by molar-refractivity contribution is 7.99. The minimum atomic E-state index is 0.0198. The summed E-state index contributed by atoms with van der Waals surface area (Å²) in [5.41, 5.74) is 6.70. The molecule has 1 aliphatic rings. The Morgan fingerprint density at radius 1 is 0.900 bits per heavy atom. The number of amides is 1. The fourth-order valence-electron chi connectivity index (χ4n) is 3.81. The molecule has 0 aliphatic carbocycles. The molecule has 0 radical (unpaired) electrons. The predicted molar refractivity (Wildman–Crippen MR) is 128 cm³/mol. The molecule has 3 aromatic rings. The fraction of sp³-hybridized carbons (Fsp3) is 0.269. The summed E-state index contributed by atoms with van der Waals surface area (Å²) in [6, 6.07) is 24.9. The summed E-state index contributed by atoms with van der Waals surface area (Å²) in [6.45, 7) is 5.37. The van der Waals surface area contributed by atoms with E-state index in [2.05, 4.69) is 53.5 Å². The minimum absolute atomic E-state index is 0.0198. The van der Waals surface area contributed by atoms with E-state index in [4.69, 9.17) is 0 Å². The summed E-state index contributed by atoms with van der Waals surface area (Å²) in [5, 5.41) is 3.08. The summed E-state index contributed by atoms with van der Waals surface area (Å²) >= 11 is 2.03. The predicted octanol–water partition coefficient (Wildman–Crippen LogP) is 5.39. The van der Waals surface area contributed by atoms with E-state index in [1.54, 1.807) is 0 Å². The number of nitrogens with one attached hydrogen (secondary N) is 1. The van der Waals surface area contributed by atoms with E-state index in [1.165, 1.54) is 28.2 Å². The molecule has 3 aromatic carbocycles. The second-order valence-corrected chi connectivity index (χ2v) is 9.05. The Hall–Kier alpha value is -2.56. The Morgan fingerprint density at radius 3 is 2.27 bits per heavy atom. The average Bonchev–Trinajstić information content (AvgIpc) is 2.77. The van der Waals surface area contributed by atoms with E-state index in [0.717, 1.165) is 36.4 Å². The van der Waals surface area contributed by atoms with Crippen LogP contribution in [0, 0.1) is 6.92 Å². The number of nitrogens with zero attached hydrogens (tertiary/aromatic N) is 1. The van der Waals surface area contributed by atoms with Gasteiger partial charge in [0.25, 0.3) is 0 Å². The molecule has 1 saturated heterocycles. The van der Waals surface area contributed by atoms with Crippen molar-refractivity contribution in [3.05, 3.63) is 89.5 Å². The van der Waals surface area contributed by atoms with Crippen molar-refractivity contribution in [1.29, 1.82) is 0 Å². The molecule has 0 aromatic heterocycles. The first kappa shape index (κ1) is 20.7. The third-order valence-electron chi connectivity index (χ3n) is 5.50. The lowest BCUT2D eigenvalue weighted by Crippen LogP contribution is -2.31. The average molecular weight is 417 g/mol. The molecule has 154 valence electrons. The largest absolute Gasteiger partial charge is 0.326 e. The van der Waals surface area contributed by atoms with Crippen LogP contribution in [-0.4, -0.2) is 35.4 Å². The molecule has 1 amide bonds. The maximum absolute atomic E-state index is 12.6. The van der Waals surface area contributed by atoms with Gasteiger partial charge in [-0.2, -0.15) is 11.8 Å². The van der Waals surface area contributed by atoms with Crippen LogP contribution >= 0.6 is 11.8 Å². The number of aryl methyl sites for hydroxylation is 1. The molecule has 4 rings (SSSR count). The summed E-state index contributed by atoms with van der Waals surface area (Å²) in [7, 11) is 0. The third-order valence-corrected chi connectivity index (χ3v) is 6.44. The van der Waals surface area contributed by atoms with Crippen molar-refractivity contribution in [1.82, 2.24) is 4.90 Å². The number of hydrogen-bond acceptors (Lipinski definition) is 3. The van der Waals surface area contributed by atoms with Crippen LogP contribution in [0.15, 0.2) is 72.8 Å². The van der Waals surface area contributed by atoms with Crippen LogP contribution in [0.2, 0.25) is 0 Å². The lowest BCUT2D eigenvalue weighted by Gasteiger charge is -2.26. The molecule has 1 aliphatic heterocycles. The SMILES string of the molecule is Cc1cc(CN2CCSCC2)ccc1NC(=O)Cc1ccc(-c2ccccc2)cc1. The van der Waals surface area contributed by atoms with Gasteiger partial charge >= 0.3 is 0 Å². The highest BCUT2D eigenvalue weighted by Gasteiger charge is 2.12. The zero-order chi connectivity index (χ0) is 20.8. The van der Waals surface area contributed by atoms with E-state index in [9.17, 15) is 4.79 Å². The number of carbonyl (C=O) groups is 1. The quantitative estimate of drug-likeness (QED) is 0.585. The molecule has 30 heavy (non-hydrogen) atoms. The van der Waals surface area contributed by atoms with E-state index in [1.807, 2.05) is 48.2 Å². The molecule has 0 unspecified atom stereocenters. The number of benzene rings is 3. The Labute approximate surface area is 183 Å². The number of carbonyl (C=O) groups excluding carboxylic acids is 1. The molecule has 0 saturated carbocycles. The zero-order valence-corrected chi connectivity index (χ0v) is 18.3. The van der Waals surface area contributed by atoms with Crippen LogP contribution < -0.4 is 5.32 Å². The highest BCUT2D eigenvalue weighted by atomic mass is 32.2. The highest BCUT2D eigenvalue weighted by Crippen LogP contribution is 2.21. The number of hydrogen-bond donors (Lipinski definition) is 1. The van der Waals surface area contributed by atoms with E-state index in [0.29, 0.717) is 6.42 Å². The lowest BCUT2D eigenvalue weighted by molar-refractivity contribution is -0.115. The fourth-order valence-corrected chi connectivity index (χ4v) is 4.79. The van der Waals surface area contributed by atoms with Crippen LogP contribution in [0.4, 0.5) is 5.69 Å². The van der Waals surface area contributed by atoms with Gasteiger partial charge in [0.15, 0.2) is 0 Å². The van der Waals surface area contributed by atoms with E-state index < -0.39 is 0 Å². The van der Waals surface area contributed by atoms with Crippen LogP contribution in [0.5, 0.6) is 0 Å². The lowest BCUT2D eigenvalue weighted by atomic mass is 10.0. The number of anilines is 1. The third kappa shape index (κ3) is 5.53. The van der Waals surface area contributed by atoms with Gasteiger partial charge in [-0.15, -0.1) is 0 Å². The van der Waals surface area contributed by atoms with Crippen LogP contribution in [-0.2, 0) is 17.8 Å². The van der Waals surface area contributed by atoms with Gasteiger partial charge in [-0.3, -0.25) is 9.69 Å². The Kier molecular flexibility index (Phi) is 6.88. The second-order valence-electron chi connectivity index (χ2n) is 7.83. The molecular formula is C26H28N2OS. The van der Waals surface area contributed by atoms with Crippen molar-refractivity contribution < 1.29 is 4.79 Å². The topological polar surface area (TPSA) is 32.3 Å². The van der Waals surface area contributed by atoms with Crippen LogP contribution in [0.1, 0.15) is 16.7 Å². The molecular weight excluding hydrogens is 388 g/mol. The summed E-state index contributed by atoms with van der Waals surface area (Å²) in [5.74, 6) is 2.46. The standard InChI is InChI=1S/C26H28N2OS/c1-20-17-22(19-28-13-15-30-16-14-28)9-12-25(20)27-26(29)18-21-7-10-24(11-8-21)23-5-3-2-4-6-23/h2-12,17H,13-16,18-19H2,1H3,(H,27,29). The Balaban J connectivity index is 1.34. The summed E-state index contributed by atoms with van der Waals surface area (Å²) in [6.07, 6.45) is 0.377. The number of rotatable bonds is 6. The Bertz CT molecular complexity index is 980. The number of thioether (sulfide) groups is 1. The smallest absolute Gasteiger partial charge is 0.228 e. The van der Waals surface area contributed by atoms with Gasteiger partial charge in [0.05, 0.1) is 6.42 Å². The zero-order valence-electron chi connectivity index (χ0n) is 17.4. The van der Waals surface area contributed by atoms with Crippen molar-refractivity contribution in [2.45, 2.75) is 19.9 Å². The molecule has 3 nitrogen and oxygen atoms in total. The van der Waals surface area contributed by atoms with Gasteiger partial charge in [-0.1, -0.05) is 66.7 Å². The summed E-state index contributed by atoms with van der Waals surface area (Å²) < 4.78 is 0. The van der Waals surface area contributed by atoms with Gasteiger partial charge in [-0.05, 0) is 40.8 Å². The second kappa shape index (κ2) is 9.96. The van der Waals surface area contributed by atoms with Crippen molar-refractivity contribution in [3.63, 3.8) is 0 Å². The van der Waals surface area contributed by atoms with Crippen LogP contribution in [0.3, 0.4) is 0 Å². The Morgan fingerprint density at radius 2 is 1.57 bits per heavy atom. The molecule has 1 fully saturated rings. The monoisotopic (exact) mass is 416 g/mol. The van der Waals surface area contributed by atoms with E-state index in [-0.39, 0.29) is 5.91 Å². The normalized spacial score (nSPS) is 14.4. The van der Waals surface area contributed by atoms with Crippen molar-refractivity contribution in [2.75, 3.05) is 29.9 Å². The molecule has 1 heterocycles.